The summed E-state index contributed by atoms with van der Waals surface area (Å²) in [6.07, 6.45) is 5.38. The number of hydrogen-bond donors (Lipinski definition) is 0. The molecule has 0 spiro atoms. The fourth-order valence-electron chi connectivity index (χ4n) is 1.61. The van der Waals surface area contributed by atoms with Crippen LogP contribution in [0, 0.1) is 23.7 Å². The fraction of sp³-hybridized carbons (Fsp3) is 0.636. The first kappa shape index (κ1) is 10.8. The summed E-state index contributed by atoms with van der Waals surface area (Å²) in [5, 5.41) is 0. The first-order valence-corrected chi connectivity index (χ1v) is 4.71. The highest BCUT2D eigenvalue weighted by atomic mass is 16.2. The van der Waals surface area contributed by atoms with Crippen molar-refractivity contribution in [1.82, 2.24) is 4.90 Å². The minimum Gasteiger partial charge on any atom is -0.274 e. The van der Waals surface area contributed by atoms with Crippen LogP contribution in [0.5, 0.6) is 0 Å². The number of carbonyl (C=O) groups is 2. The van der Waals surface area contributed by atoms with Crippen LogP contribution in [-0.2, 0) is 9.59 Å². The molecule has 1 unspecified atom stereocenters. The Morgan fingerprint density at radius 3 is 2.50 bits per heavy atom. The molecule has 3 heteroatoms. The maximum absolute atomic E-state index is 11.9. The van der Waals surface area contributed by atoms with Crippen LogP contribution in [-0.4, -0.2) is 23.3 Å². The van der Waals surface area contributed by atoms with Gasteiger partial charge >= 0.3 is 0 Å². The van der Waals surface area contributed by atoms with Crippen molar-refractivity contribution in [3.63, 3.8) is 0 Å². The van der Waals surface area contributed by atoms with E-state index in [1.165, 1.54) is 4.90 Å². The molecule has 1 fully saturated rings. The Morgan fingerprint density at radius 1 is 1.57 bits per heavy atom. The third-order valence-corrected chi connectivity index (χ3v) is 3.08. The van der Waals surface area contributed by atoms with Crippen LogP contribution in [0.25, 0.3) is 0 Å². The molecule has 14 heavy (non-hydrogen) atoms. The summed E-state index contributed by atoms with van der Waals surface area (Å²) < 4.78 is 0. The predicted molar refractivity (Wildman–Crippen MR) is 53.1 cm³/mol. The smallest absolute Gasteiger partial charge is 0.236 e. The number of rotatable bonds is 2. The molecule has 1 aliphatic heterocycles. The summed E-state index contributed by atoms with van der Waals surface area (Å²) in [4.78, 5) is 24.6. The van der Waals surface area contributed by atoms with Crippen molar-refractivity contribution in [2.24, 2.45) is 11.3 Å². The molecular formula is C11H15NO2. The number of imide groups is 1. The minimum absolute atomic E-state index is 0.0972. The van der Waals surface area contributed by atoms with Crippen LogP contribution in [0.4, 0.5) is 0 Å². The topological polar surface area (TPSA) is 37.4 Å². The number of hydrogen-bond acceptors (Lipinski definition) is 2. The first-order valence-electron chi connectivity index (χ1n) is 4.71. The van der Waals surface area contributed by atoms with Crippen LogP contribution in [0.15, 0.2) is 0 Å². The van der Waals surface area contributed by atoms with E-state index in [2.05, 4.69) is 5.92 Å². The SMILES string of the molecule is C#CCN1C(=O)CC(C)(C(C)C)C1=O. The van der Waals surface area contributed by atoms with Gasteiger partial charge in [-0.1, -0.05) is 19.8 Å². The number of likely N-dealkylation sites (tertiary alicyclic amines) is 1. The lowest BCUT2D eigenvalue weighted by molar-refractivity contribution is -0.141. The van der Waals surface area contributed by atoms with Crippen LogP contribution in [0.2, 0.25) is 0 Å². The molecule has 1 rings (SSSR count). The van der Waals surface area contributed by atoms with Gasteiger partial charge in [-0.15, -0.1) is 6.42 Å². The highest BCUT2D eigenvalue weighted by molar-refractivity contribution is 6.06. The first-order chi connectivity index (χ1) is 6.43. The van der Waals surface area contributed by atoms with Crippen LogP contribution in [0.3, 0.4) is 0 Å². The molecule has 1 heterocycles. The summed E-state index contributed by atoms with van der Waals surface area (Å²) in [5.41, 5.74) is -0.562. The average Bonchev–Trinajstić information content (AvgIpc) is 2.31. The lowest BCUT2D eigenvalue weighted by Gasteiger charge is -2.25. The van der Waals surface area contributed by atoms with Crippen LogP contribution >= 0.6 is 0 Å². The van der Waals surface area contributed by atoms with Gasteiger partial charge in [0.1, 0.15) is 0 Å². The van der Waals surface area contributed by atoms with Crippen molar-refractivity contribution >= 4 is 11.8 Å². The largest absolute Gasteiger partial charge is 0.274 e. The molecule has 0 aromatic heterocycles. The van der Waals surface area contributed by atoms with E-state index in [1.807, 2.05) is 20.8 Å². The molecule has 0 bridgehead atoms. The minimum atomic E-state index is -0.562. The highest BCUT2D eigenvalue weighted by Crippen LogP contribution is 2.38. The molecule has 2 amide bonds. The lowest BCUT2D eigenvalue weighted by Crippen LogP contribution is -2.37. The van der Waals surface area contributed by atoms with Crippen molar-refractivity contribution in [2.75, 3.05) is 6.54 Å². The standard InChI is InChI=1S/C11H15NO2/c1-5-6-12-9(13)7-11(4,8(2)3)10(12)14/h1,8H,6-7H2,2-4H3. The Bertz CT molecular complexity index is 314. The maximum atomic E-state index is 11.9. The molecule has 1 atom stereocenters. The van der Waals surface area contributed by atoms with E-state index in [-0.39, 0.29) is 30.7 Å². The number of carbonyl (C=O) groups excluding carboxylic acids is 2. The third kappa shape index (κ3) is 1.41. The molecule has 0 aliphatic carbocycles. The zero-order valence-corrected chi connectivity index (χ0v) is 8.83. The van der Waals surface area contributed by atoms with E-state index in [4.69, 9.17) is 6.42 Å². The Kier molecular flexibility index (Phi) is 2.66. The van der Waals surface area contributed by atoms with Gasteiger partial charge in [-0.25, -0.2) is 0 Å². The molecule has 0 saturated carbocycles. The molecule has 3 nitrogen and oxygen atoms in total. The van der Waals surface area contributed by atoms with Gasteiger partial charge in [0.25, 0.3) is 0 Å². The molecule has 0 radical (unpaired) electrons. The fourth-order valence-corrected chi connectivity index (χ4v) is 1.61. The van der Waals surface area contributed by atoms with Crippen molar-refractivity contribution < 1.29 is 9.59 Å². The number of amides is 2. The molecule has 1 saturated heterocycles. The zero-order valence-electron chi connectivity index (χ0n) is 8.83. The summed E-state index contributed by atoms with van der Waals surface area (Å²) in [7, 11) is 0. The van der Waals surface area contributed by atoms with Gasteiger partial charge in [-0.3, -0.25) is 14.5 Å². The number of terminal acetylenes is 1. The van der Waals surface area contributed by atoms with Crippen molar-refractivity contribution in [1.29, 1.82) is 0 Å². The van der Waals surface area contributed by atoms with Gasteiger partial charge in [0, 0.05) is 6.42 Å². The van der Waals surface area contributed by atoms with Gasteiger partial charge in [-0.2, -0.15) is 0 Å². The molecule has 76 valence electrons. The Morgan fingerprint density at radius 2 is 2.14 bits per heavy atom. The quantitative estimate of drug-likeness (QED) is 0.485. The molecule has 1 aliphatic rings. The summed E-state index contributed by atoms with van der Waals surface area (Å²) in [6, 6.07) is 0. The molecular weight excluding hydrogens is 178 g/mol. The Labute approximate surface area is 84.5 Å². The monoisotopic (exact) mass is 193 g/mol. The molecule has 0 N–H and O–H groups in total. The second-order valence-corrected chi connectivity index (χ2v) is 4.24. The third-order valence-electron chi connectivity index (χ3n) is 3.08. The van der Waals surface area contributed by atoms with Gasteiger partial charge in [0.15, 0.2) is 0 Å². The van der Waals surface area contributed by atoms with Crippen molar-refractivity contribution in [3.8, 4) is 12.3 Å². The van der Waals surface area contributed by atoms with Gasteiger partial charge < -0.3 is 0 Å². The summed E-state index contributed by atoms with van der Waals surface area (Å²) in [6.45, 7) is 5.82. The lowest BCUT2D eigenvalue weighted by atomic mass is 9.78. The summed E-state index contributed by atoms with van der Waals surface area (Å²) in [5.74, 6) is 2.21. The van der Waals surface area contributed by atoms with E-state index < -0.39 is 5.41 Å². The normalized spacial score (nSPS) is 27.2. The van der Waals surface area contributed by atoms with E-state index >= 15 is 0 Å². The van der Waals surface area contributed by atoms with Crippen molar-refractivity contribution in [2.45, 2.75) is 27.2 Å². The second-order valence-electron chi connectivity index (χ2n) is 4.24. The maximum Gasteiger partial charge on any atom is 0.236 e. The average molecular weight is 193 g/mol. The Hall–Kier alpha value is -1.30. The molecule has 0 aromatic rings. The Balaban J connectivity index is 2.96. The second kappa shape index (κ2) is 3.45. The van der Waals surface area contributed by atoms with Crippen LogP contribution in [0.1, 0.15) is 27.2 Å². The van der Waals surface area contributed by atoms with Gasteiger partial charge in [0.2, 0.25) is 11.8 Å². The van der Waals surface area contributed by atoms with Crippen LogP contribution < -0.4 is 0 Å². The van der Waals surface area contributed by atoms with E-state index in [1.54, 1.807) is 0 Å². The highest BCUT2D eigenvalue weighted by Gasteiger charge is 2.49. The molecule has 0 aromatic carbocycles. The van der Waals surface area contributed by atoms with Crippen molar-refractivity contribution in [3.05, 3.63) is 0 Å². The van der Waals surface area contributed by atoms with Gasteiger partial charge in [-0.05, 0) is 12.8 Å². The summed E-state index contributed by atoms with van der Waals surface area (Å²) >= 11 is 0. The van der Waals surface area contributed by atoms with E-state index in [9.17, 15) is 9.59 Å². The number of nitrogens with zero attached hydrogens (tertiary/aromatic N) is 1. The van der Waals surface area contributed by atoms with Gasteiger partial charge in [0.05, 0.1) is 12.0 Å². The zero-order chi connectivity index (χ0) is 10.9. The van der Waals surface area contributed by atoms with E-state index in [0.717, 1.165) is 0 Å². The predicted octanol–water partition coefficient (Wildman–Crippen LogP) is 1.04. The van der Waals surface area contributed by atoms with E-state index in [0.29, 0.717) is 0 Å².